The Kier molecular flexibility index (Phi) is 5.94. The smallest absolute Gasteiger partial charge is 0.331 e. The highest BCUT2D eigenvalue weighted by molar-refractivity contribution is 7.20. The predicted octanol–water partition coefficient (Wildman–Crippen LogP) is 5.39. The molecule has 0 radical (unpaired) electrons. The molecule has 0 amide bonds. The van der Waals surface area contributed by atoms with Crippen molar-refractivity contribution in [2.24, 2.45) is 0 Å². The van der Waals surface area contributed by atoms with Crippen molar-refractivity contribution in [3.05, 3.63) is 70.1 Å². The summed E-state index contributed by atoms with van der Waals surface area (Å²) in [6.07, 6.45) is 2.00. The maximum atomic E-state index is 12.4. The van der Waals surface area contributed by atoms with E-state index in [-0.39, 0.29) is 5.78 Å². The molecule has 0 spiro atoms. The zero-order valence-corrected chi connectivity index (χ0v) is 16.3. The molecule has 138 valence electrons. The summed E-state index contributed by atoms with van der Waals surface area (Å²) in [7, 11) is 1.55. The second-order valence-corrected chi connectivity index (χ2v) is 7.24. The Morgan fingerprint density at radius 2 is 1.81 bits per heavy atom. The number of ketones is 1. The number of benzene rings is 2. The molecule has 0 saturated heterocycles. The molecule has 0 N–H and O–H groups in total. The van der Waals surface area contributed by atoms with Gasteiger partial charge in [-0.05, 0) is 43.3 Å². The summed E-state index contributed by atoms with van der Waals surface area (Å²) >= 11 is 7.83. The standard InChI is InChI=1S/C21H17ClO4S/c1-13(21(24)14-7-9-15(25-2)10-8-14)26-19(23)12-11-18-20(22)16-5-3-4-6-17(16)27-18/h3-13H,1-2H3/b12-11+/t13-/m1/s1. The van der Waals surface area contributed by atoms with Gasteiger partial charge in [-0.15, -0.1) is 11.3 Å². The fourth-order valence-electron chi connectivity index (χ4n) is 2.54. The van der Waals surface area contributed by atoms with E-state index in [1.54, 1.807) is 44.4 Å². The Balaban J connectivity index is 1.65. The largest absolute Gasteiger partial charge is 0.497 e. The van der Waals surface area contributed by atoms with Crippen LogP contribution in [0, 0.1) is 0 Å². The number of halogens is 1. The summed E-state index contributed by atoms with van der Waals surface area (Å²) in [6.45, 7) is 1.55. The second-order valence-electron chi connectivity index (χ2n) is 5.78. The van der Waals surface area contributed by atoms with Gasteiger partial charge in [0.05, 0.1) is 12.1 Å². The van der Waals surface area contributed by atoms with E-state index in [9.17, 15) is 9.59 Å². The predicted molar refractivity (Wildman–Crippen MR) is 109 cm³/mol. The third kappa shape index (κ3) is 4.38. The van der Waals surface area contributed by atoms with E-state index in [2.05, 4.69) is 0 Å². The number of methoxy groups -OCH3 is 1. The number of fused-ring (bicyclic) bond motifs is 1. The third-order valence-electron chi connectivity index (χ3n) is 3.97. The summed E-state index contributed by atoms with van der Waals surface area (Å²) in [4.78, 5) is 25.2. The highest BCUT2D eigenvalue weighted by atomic mass is 35.5. The van der Waals surface area contributed by atoms with E-state index in [0.29, 0.717) is 16.3 Å². The molecule has 0 fully saturated rings. The van der Waals surface area contributed by atoms with E-state index in [1.807, 2.05) is 24.3 Å². The van der Waals surface area contributed by atoms with Crippen LogP contribution in [-0.2, 0) is 9.53 Å². The molecule has 0 unspecified atom stereocenters. The molecule has 27 heavy (non-hydrogen) atoms. The first-order chi connectivity index (χ1) is 13.0. The Hall–Kier alpha value is -2.63. The molecule has 3 rings (SSSR count). The summed E-state index contributed by atoms with van der Waals surface area (Å²) in [5.74, 6) is -0.225. The van der Waals surface area contributed by atoms with Crippen LogP contribution in [0.4, 0.5) is 0 Å². The van der Waals surface area contributed by atoms with Crippen LogP contribution in [-0.4, -0.2) is 25.0 Å². The van der Waals surface area contributed by atoms with Crippen molar-refractivity contribution in [1.82, 2.24) is 0 Å². The average molecular weight is 401 g/mol. The highest BCUT2D eigenvalue weighted by Gasteiger charge is 2.18. The molecule has 0 bridgehead atoms. The molecule has 0 saturated carbocycles. The van der Waals surface area contributed by atoms with E-state index < -0.39 is 12.1 Å². The molecule has 6 heteroatoms. The van der Waals surface area contributed by atoms with Crippen LogP contribution in [0.1, 0.15) is 22.2 Å². The van der Waals surface area contributed by atoms with Gasteiger partial charge in [0.25, 0.3) is 0 Å². The minimum atomic E-state index is -0.895. The summed E-state index contributed by atoms with van der Waals surface area (Å²) in [6, 6.07) is 14.4. The van der Waals surface area contributed by atoms with Gasteiger partial charge in [0.2, 0.25) is 5.78 Å². The van der Waals surface area contributed by atoms with E-state index >= 15 is 0 Å². The minimum Gasteiger partial charge on any atom is -0.497 e. The van der Waals surface area contributed by atoms with Gasteiger partial charge in [-0.3, -0.25) is 4.79 Å². The first-order valence-corrected chi connectivity index (χ1v) is 9.43. The van der Waals surface area contributed by atoms with Gasteiger partial charge in [-0.25, -0.2) is 4.79 Å². The lowest BCUT2D eigenvalue weighted by atomic mass is 10.1. The normalized spacial score (nSPS) is 12.3. The number of thiophene rings is 1. The van der Waals surface area contributed by atoms with Crippen LogP contribution in [0.15, 0.2) is 54.6 Å². The first kappa shape index (κ1) is 19.1. The van der Waals surface area contributed by atoms with Crippen LogP contribution in [0.2, 0.25) is 5.02 Å². The maximum Gasteiger partial charge on any atom is 0.331 e. The highest BCUT2D eigenvalue weighted by Crippen LogP contribution is 2.35. The maximum absolute atomic E-state index is 12.4. The van der Waals surface area contributed by atoms with Gasteiger partial charge in [0, 0.05) is 26.6 Å². The lowest BCUT2D eigenvalue weighted by Gasteiger charge is -2.11. The number of hydrogen-bond acceptors (Lipinski definition) is 5. The van der Waals surface area contributed by atoms with Crippen molar-refractivity contribution < 1.29 is 19.1 Å². The van der Waals surface area contributed by atoms with Crippen LogP contribution in [0.5, 0.6) is 5.75 Å². The van der Waals surface area contributed by atoms with Gasteiger partial charge in [-0.1, -0.05) is 29.8 Å². The lowest BCUT2D eigenvalue weighted by molar-refractivity contribution is -0.140. The van der Waals surface area contributed by atoms with Crippen LogP contribution < -0.4 is 4.74 Å². The quantitative estimate of drug-likeness (QED) is 0.316. The third-order valence-corrected chi connectivity index (χ3v) is 5.62. The van der Waals surface area contributed by atoms with E-state index in [4.69, 9.17) is 21.1 Å². The molecule has 0 aliphatic rings. The molecule has 1 heterocycles. The molecule has 1 aromatic heterocycles. The fourth-order valence-corrected chi connectivity index (χ4v) is 3.94. The Morgan fingerprint density at radius 3 is 2.48 bits per heavy atom. The van der Waals surface area contributed by atoms with Crippen molar-refractivity contribution >= 4 is 50.9 Å². The number of rotatable bonds is 6. The Morgan fingerprint density at radius 1 is 1.11 bits per heavy atom. The zero-order valence-electron chi connectivity index (χ0n) is 14.8. The number of esters is 1. The molecule has 4 nitrogen and oxygen atoms in total. The average Bonchev–Trinajstić information content (AvgIpc) is 3.02. The van der Waals surface area contributed by atoms with Gasteiger partial charge >= 0.3 is 5.97 Å². The lowest BCUT2D eigenvalue weighted by Crippen LogP contribution is -2.23. The number of ether oxygens (including phenoxy) is 2. The molecular formula is C21H17ClO4S. The molecular weight excluding hydrogens is 384 g/mol. The van der Waals surface area contributed by atoms with Crippen molar-refractivity contribution in [2.45, 2.75) is 13.0 Å². The van der Waals surface area contributed by atoms with Crippen LogP contribution >= 0.6 is 22.9 Å². The van der Waals surface area contributed by atoms with Gasteiger partial charge < -0.3 is 9.47 Å². The fraction of sp³-hybridized carbons (Fsp3) is 0.143. The number of hydrogen-bond donors (Lipinski definition) is 0. The van der Waals surface area contributed by atoms with E-state index in [1.165, 1.54) is 17.4 Å². The molecule has 3 aromatic rings. The summed E-state index contributed by atoms with van der Waals surface area (Å²) in [5, 5.41) is 1.54. The molecule has 0 aliphatic carbocycles. The molecule has 2 aromatic carbocycles. The SMILES string of the molecule is COc1ccc(C(=O)[C@@H](C)OC(=O)/C=C/c2sc3ccccc3c2Cl)cc1. The van der Waals surface area contributed by atoms with Crippen LogP contribution in [0.25, 0.3) is 16.2 Å². The van der Waals surface area contributed by atoms with Crippen molar-refractivity contribution in [1.29, 1.82) is 0 Å². The van der Waals surface area contributed by atoms with Gasteiger partial charge in [0.1, 0.15) is 5.75 Å². The van der Waals surface area contributed by atoms with Gasteiger partial charge in [0.15, 0.2) is 6.10 Å². The minimum absolute atomic E-state index is 0.278. The second kappa shape index (κ2) is 8.37. The number of carbonyl (C=O) groups is 2. The molecule has 0 aliphatic heterocycles. The number of carbonyl (C=O) groups excluding carboxylic acids is 2. The van der Waals surface area contributed by atoms with E-state index in [0.717, 1.165) is 15.0 Å². The summed E-state index contributed by atoms with van der Waals surface area (Å²) < 4.78 is 11.3. The molecule has 1 atom stereocenters. The number of Topliss-reactive ketones (excluding diaryl/α,β-unsaturated/α-hetero) is 1. The first-order valence-electron chi connectivity index (χ1n) is 8.23. The van der Waals surface area contributed by atoms with Crippen LogP contribution in [0.3, 0.4) is 0 Å². The zero-order chi connectivity index (χ0) is 19.4. The van der Waals surface area contributed by atoms with Crippen molar-refractivity contribution in [3.8, 4) is 5.75 Å². The van der Waals surface area contributed by atoms with Crippen molar-refractivity contribution in [2.75, 3.05) is 7.11 Å². The van der Waals surface area contributed by atoms with Crippen molar-refractivity contribution in [3.63, 3.8) is 0 Å². The topological polar surface area (TPSA) is 52.6 Å². The monoisotopic (exact) mass is 400 g/mol. The van der Waals surface area contributed by atoms with Gasteiger partial charge in [-0.2, -0.15) is 0 Å². The Bertz CT molecular complexity index is 1000. The Labute approximate surface area is 166 Å². The summed E-state index contributed by atoms with van der Waals surface area (Å²) in [5.41, 5.74) is 0.452.